The number of hydrogen-bond acceptors (Lipinski definition) is 4. The molecule has 1 unspecified atom stereocenters. The number of hydrogen-bond donors (Lipinski definition) is 2. The van der Waals surface area contributed by atoms with Crippen molar-refractivity contribution in [1.82, 2.24) is 5.32 Å². The van der Waals surface area contributed by atoms with Crippen LogP contribution in [0.2, 0.25) is 0 Å². The van der Waals surface area contributed by atoms with Crippen LogP contribution < -0.4 is 15.4 Å². The molecule has 1 aromatic carbocycles. The lowest BCUT2D eigenvalue weighted by atomic mass is 9.94. The van der Waals surface area contributed by atoms with Gasteiger partial charge in [0, 0.05) is 18.8 Å². The molecule has 1 aliphatic rings. The summed E-state index contributed by atoms with van der Waals surface area (Å²) in [4.78, 5) is 11.7. The van der Waals surface area contributed by atoms with Crippen LogP contribution in [0.5, 0.6) is 5.75 Å². The van der Waals surface area contributed by atoms with Gasteiger partial charge >= 0.3 is 6.09 Å². The van der Waals surface area contributed by atoms with Crippen molar-refractivity contribution in [3.05, 3.63) is 23.8 Å². The van der Waals surface area contributed by atoms with Crippen LogP contribution in [0.4, 0.5) is 10.5 Å². The fourth-order valence-electron chi connectivity index (χ4n) is 2.36. The van der Waals surface area contributed by atoms with Crippen LogP contribution in [0.15, 0.2) is 18.2 Å². The molecular weight excluding hydrogens is 268 g/mol. The SMILES string of the molecule is COc1ccc2c(c1)CC(CNC(=O)OC(C)(C)C)CN2. The highest BCUT2D eigenvalue weighted by atomic mass is 16.6. The zero-order chi connectivity index (χ0) is 15.5. The molecule has 21 heavy (non-hydrogen) atoms. The van der Waals surface area contributed by atoms with Gasteiger partial charge in [0.1, 0.15) is 11.4 Å². The van der Waals surface area contributed by atoms with E-state index in [1.807, 2.05) is 39.0 Å². The highest BCUT2D eigenvalue weighted by Gasteiger charge is 2.21. The molecule has 5 nitrogen and oxygen atoms in total. The summed E-state index contributed by atoms with van der Waals surface area (Å²) in [5.41, 5.74) is 1.90. The molecule has 0 saturated heterocycles. The Hall–Kier alpha value is -1.91. The summed E-state index contributed by atoms with van der Waals surface area (Å²) in [6.45, 7) is 7.01. The van der Waals surface area contributed by atoms with Gasteiger partial charge in [0.05, 0.1) is 7.11 Å². The van der Waals surface area contributed by atoms with E-state index in [1.54, 1.807) is 7.11 Å². The number of carbonyl (C=O) groups excluding carboxylic acids is 1. The van der Waals surface area contributed by atoms with Crippen molar-refractivity contribution in [2.45, 2.75) is 32.8 Å². The first-order chi connectivity index (χ1) is 9.87. The molecule has 116 valence electrons. The molecule has 1 aromatic rings. The van der Waals surface area contributed by atoms with Crippen molar-refractivity contribution >= 4 is 11.8 Å². The molecule has 0 radical (unpaired) electrons. The third-order valence-corrected chi connectivity index (χ3v) is 3.34. The third kappa shape index (κ3) is 4.55. The molecule has 0 aromatic heterocycles. The van der Waals surface area contributed by atoms with Crippen LogP contribution in [-0.4, -0.2) is 31.9 Å². The number of amides is 1. The lowest BCUT2D eigenvalue weighted by molar-refractivity contribution is 0.0520. The Bertz CT molecular complexity index is 509. The first kappa shape index (κ1) is 15.5. The summed E-state index contributed by atoms with van der Waals surface area (Å²) in [5.74, 6) is 1.20. The van der Waals surface area contributed by atoms with Gasteiger partial charge in [-0.1, -0.05) is 0 Å². The van der Waals surface area contributed by atoms with Crippen molar-refractivity contribution in [3.8, 4) is 5.75 Å². The monoisotopic (exact) mass is 292 g/mol. The second kappa shape index (κ2) is 6.24. The van der Waals surface area contributed by atoms with Crippen molar-refractivity contribution in [3.63, 3.8) is 0 Å². The largest absolute Gasteiger partial charge is 0.497 e. The molecule has 0 aliphatic carbocycles. The second-order valence-electron chi connectivity index (χ2n) is 6.36. The molecule has 1 amide bonds. The highest BCUT2D eigenvalue weighted by molar-refractivity contribution is 5.67. The molecule has 1 atom stereocenters. The molecule has 1 aliphatic heterocycles. The van der Waals surface area contributed by atoms with Gasteiger partial charge in [0.2, 0.25) is 0 Å². The first-order valence-corrected chi connectivity index (χ1v) is 7.25. The van der Waals surface area contributed by atoms with Crippen LogP contribution in [0.1, 0.15) is 26.3 Å². The van der Waals surface area contributed by atoms with E-state index in [9.17, 15) is 4.79 Å². The number of anilines is 1. The number of nitrogens with one attached hydrogen (secondary N) is 2. The fourth-order valence-corrected chi connectivity index (χ4v) is 2.36. The van der Waals surface area contributed by atoms with E-state index in [1.165, 1.54) is 5.56 Å². The summed E-state index contributed by atoms with van der Waals surface area (Å²) in [6, 6.07) is 6.03. The Morgan fingerprint density at radius 1 is 1.43 bits per heavy atom. The predicted molar refractivity (Wildman–Crippen MR) is 82.9 cm³/mol. The molecule has 2 rings (SSSR count). The molecule has 0 saturated carbocycles. The van der Waals surface area contributed by atoms with E-state index >= 15 is 0 Å². The summed E-state index contributed by atoms with van der Waals surface area (Å²) >= 11 is 0. The Morgan fingerprint density at radius 3 is 2.86 bits per heavy atom. The topological polar surface area (TPSA) is 59.6 Å². The predicted octanol–water partition coefficient (Wildman–Crippen LogP) is 2.80. The number of fused-ring (bicyclic) bond motifs is 1. The lowest BCUT2D eigenvalue weighted by Gasteiger charge is -2.27. The molecule has 5 heteroatoms. The Morgan fingerprint density at radius 2 is 2.19 bits per heavy atom. The normalized spacial score (nSPS) is 17.4. The average Bonchev–Trinajstić information content (AvgIpc) is 2.42. The van der Waals surface area contributed by atoms with Crippen molar-refractivity contribution in [1.29, 1.82) is 0 Å². The zero-order valence-corrected chi connectivity index (χ0v) is 13.2. The molecule has 0 bridgehead atoms. The molecule has 0 fully saturated rings. The van der Waals surface area contributed by atoms with Crippen LogP contribution in [-0.2, 0) is 11.2 Å². The quantitative estimate of drug-likeness (QED) is 0.899. The van der Waals surface area contributed by atoms with E-state index in [0.29, 0.717) is 12.5 Å². The minimum atomic E-state index is -0.463. The van der Waals surface area contributed by atoms with Gasteiger partial charge in [0.15, 0.2) is 0 Å². The van der Waals surface area contributed by atoms with Crippen LogP contribution in [0, 0.1) is 5.92 Å². The fraction of sp³-hybridized carbons (Fsp3) is 0.562. The smallest absolute Gasteiger partial charge is 0.407 e. The molecule has 1 heterocycles. The maximum atomic E-state index is 11.7. The van der Waals surface area contributed by atoms with Crippen LogP contribution in [0.25, 0.3) is 0 Å². The Kier molecular flexibility index (Phi) is 4.60. The number of methoxy groups -OCH3 is 1. The Balaban J connectivity index is 1.88. The lowest BCUT2D eigenvalue weighted by Crippen LogP contribution is -2.38. The minimum absolute atomic E-state index is 0.345. The zero-order valence-electron chi connectivity index (χ0n) is 13.2. The van der Waals surface area contributed by atoms with Gasteiger partial charge in [-0.05, 0) is 56.9 Å². The van der Waals surface area contributed by atoms with Crippen LogP contribution >= 0.6 is 0 Å². The number of ether oxygens (including phenoxy) is 2. The third-order valence-electron chi connectivity index (χ3n) is 3.34. The van der Waals surface area contributed by atoms with E-state index < -0.39 is 5.60 Å². The van der Waals surface area contributed by atoms with Gasteiger partial charge in [-0.15, -0.1) is 0 Å². The summed E-state index contributed by atoms with van der Waals surface area (Å²) in [5, 5.41) is 6.22. The van der Waals surface area contributed by atoms with E-state index in [4.69, 9.17) is 9.47 Å². The van der Waals surface area contributed by atoms with Crippen molar-refractivity contribution < 1.29 is 14.3 Å². The van der Waals surface area contributed by atoms with Gasteiger partial charge in [0.25, 0.3) is 0 Å². The van der Waals surface area contributed by atoms with Gasteiger partial charge < -0.3 is 20.1 Å². The van der Waals surface area contributed by atoms with Gasteiger partial charge in [-0.3, -0.25) is 0 Å². The molecule has 0 spiro atoms. The molecule has 2 N–H and O–H groups in total. The number of benzene rings is 1. The summed E-state index contributed by atoms with van der Waals surface area (Å²) in [7, 11) is 1.67. The van der Waals surface area contributed by atoms with E-state index in [0.717, 1.165) is 24.4 Å². The number of carbonyl (C=O) groups is 1. The van der Waals surface area contributed by atoms with Crippen LogP contribution in [0.3, 0.4) is 0 Å². The number of alkyl carbamates (subject to hydrolysis) is 1. The molecular formula is C16H24N2O3. The highest BCUT2D eigenvalue weighted by Crippen LogP contribution is 2.28. The average molecular weight is 292 g/mol. The van der Waals surface area contributed by atoms with Gasteiger partial charge in [-0.25, -0.2) is 4.79 Å². The maximum absolute atomic E-state index is 11.7. The second-order valence-corrected chi connectivity index (χ2v) is 6.36. The maximum Gasteiger partial charge on any atom is 0.407 e. The summed E-state index contributed by atoms with van der Waals surface area (Å²) in [6.07, 6.45) is 0.550. The number of rotatable bonds is 3. The Labute approximate surface area is 126 Å². The van der Waals surface area contributed by atoms with Gasteiger partial charge in [-0.2, -0.15) is 0 Å². The van der Waals surface area contributed by atoms with E-state index in [-0.39, 0.29) is 6.09 Å². The first-order valence-electron chi connectivity index (χ1n) is 7.25. The van der Waals surface area contributed by atoms with Crippen molar-refractivity contribution in [2.75, 3.05) is 25.5 Å². The summed E-state index contributed by atoms with van der Waals surface area (Å²) < 4.78 is 10.5. The van der Waals surface area contributed by atoms with E-state index in [2.05, 4.69) is 10.6 Å². The minimum Gasteiger partial charge on any atom is -0.497 e. The van der Waals surface area contributed by atoms with Crippen molar-refractivity contribution in [2.24, 2.45) is 5.92 Å². The standard InChI is InChI=1S/C16H24N2O3/c1-16(2,3)21-15(19)18-10-11-7-12-8-13(20-4)5-6-14(12)17-9-11/h5-6,8,11,17H,7,9-10H2,1-4H3,(H,18,19).